The van der Waals surface area contributed by atoms with Gasteiger partial charge in [-0.05, 0) is 61.6 Å². The molecule has 0 bridgehead atoms. The molecule has 0 saturated carbocycles. The molecule has 3 amide bonds. The summed E-state index contributed by atoms with van der Waals surface area (Å²) < 4.78 is 13.8. The van der Waals surface area contributed by atoms with Crippen molar-refractivity contribution in [3.63, 3.8) is 0 Å². The normalized spacial score (nSPS) is 13.6. The number of rotatable bonds is 7. The fourth-order valence-corrected chi connectivity index (χ4v) is 3.52. The van der Waals surface area contributed by atoms with E-state index < -0.39 is 0 Å². The lowest BCUT2D eigenvalue weighted by Crippen LogP contribution is -2.30. The molecule has 1 heterocycles. The minimum atomic E-state index is -0.372. The Labute approximate surface area is 176 Å². The van der Waals surface area contributed by atoms with Crippen molar-refractivity contribution in [3.05, 3.63) is 53.8 Å². The van der Waals surface area contributed by atoms with E-state index in [4.69, 9.17) is 0 Å². The van der Waals surface area contributed by atoms with Crippen molar-refractivity contribution in [3.8, 4) is 0 Å². The quantitative estimate of drug-likeness (QED) is 0.626. The molecule has 0 radical (unpaired) electrons. The number of carbonyl (C=O) groups is 2. The average Bonchev–Trinajstić information content (AvgIpc) is 2.74. The van der Waals surface area contributed by atoms with Crippen LogP contribution in [0.4, 0.5) is 26.2 Å². The number of benzene rings is 2. The van der Waals surface area contributed by atoms with Gasteiger partial charge in [-0.3, -0.25) is 4.79 Å². The van der Waals surface area contributed by atoms with Crippen LogP contribution in [0.2, 0.25) is 0 Å². The van der Waals surface area contributed by atoms with Crippen LogP contribution in [0.1, 0.15) is 38.2 Å². The molecule has 0 atom stereocenters. The monoisotopic (exact) mass is 412 g/mol. The first-order valence-electron chi connectivity index (χ1n) is 10.5. The van der Waals surface area contributed by atoms with E-state index in [-0.39, 0.29) is 24.2 Å². The van der Waals surface area contributed by atoms with Gasteiger partial charge in [-0.2, -0.15) is 0 Å². The maximum absolute atomic E-state index is 13.8. The molecule has 3 N–H and O–H groups in total. The topological polar surface area (TPSA) is 73.5 Å². The first-order valence-corrected chi connectivity index (χ1v) is 10.5. The fourth-order valence-electron chi connectivity index (χ4n) is 3.52. The van der Waals surface area contributed by atoms with Crippen molar-refractivity contribution >= 4 is 29.0 Å². The molecule has 0 aromatic heterocycles. The summed E-state index contributed by atoms with van der Waals surface area (Å²) in [7, 11) is 0. The van der Waals surface area contributed by atoms with E-state index in [1.807, 2.05) is 6.92 Å². The standard InChI is InChI=1S/C23H29FN4O2/c1-2-12-25-23(30)26-19-9-6-17(7-10-19)15-22(29)27-20-16-18(24)8-11-21(20)28-13-4-3-5-14-28/h6-11,16H,2-5,12-15H2,1H3,(H,27,29)(H2,25,26,30). The lowest BCUT2D eigenvalue weighted by Gasteiger charge is -2.30. The highest BCUT2D eigenvalue weighted by molar-refractivity contribution is 5.95. The van der Waals surface area contributed by atoms with Gasteiger partial charge in [0.05, 0.1) is 17.8 Å². The van der Waals surface area contributed by atoms with E-state index in [0.29, 0.717) is 17.9 Å². The predicted octanol–water partition coefficient (Wildman–Crippen LogP) is 4.53. The zero-order chi connectivity index (χ0) is 21.3. The van der Waals surface area contributed by atoms with Crippen LogP contribution in [0.3, 0.4) is 0 Å². The molecule has 2 aromatic rings. The molecule has 1 fully saturated rings. The lowest BCUT2D eigenvalue weighted by atomic mass is 10.1. The zero-order valence-corrected chi connectivity index (χ0v) is 17.3. The maximum atomic E-state index is 13.8. The molecular weight excluding hydrogens is 383 g/mol. The third-order valence-electron chi connectivity index (χ3n) is 5.04. The number of amides is 3. The molecule has 0 unspecified atom stereocenters. The summed E-state index contributed by atoms with van der Waals surface area (Å²) in [5, 5.41) is 8.36. The smallest absolute Gasteiger partial charge is 0.319 e. The van der Waals surface area contributed by atoms with Crippen molar-refractivity contribution in [2.45, 2.75) is 39.0 Å². The average molecular weight is 413 g/mol. The van der Waals surface area contributed by atoms with Gasteiger partial charge in [-0.15, -0.1) is 0 Å². The number of anilines is 3. The Morgan fingerprint density at radius 1 is 1.00 bits per heavy atom. The molecule has 160 valence electrons. The van der Waals surface area contributed by atoms with Crippen LogP contribution in [-0.4, -0.2) is 31.6 Å². The third-order valence-corrected chi connectivity index (χ3v) is 5.04. The van der Waals surface area contributed by atoms with Gasteiger partial charge >= 0.3 is 6.03 Å². The molecule has 2 aromatic carbocycles. The minimum Gasteiger partial charge on any atom is -0.370 e. The van der Waals surface area contributed by atoms with Crippen LogP contribution in [-0.2, 0) is 11.2 Å². The van der Waals surface area contributed by atoms with Gasteiger partial charge in [0.15, 0.2) is 0 Å². The number of hydrogen-bond acceptors (Lipinski definition) is 3. The Balaban J connectivity index is 1.60. The predicted molar refractivity (Wildman–Crippen MR) is 119 cm³/mol. The Hall–Kier alpha value is -3.09. The summed E-state index contributed by atoms with van der Waals surface area (Å²) in [4.78, 5) is 26.5. The Kier molecular flexibility index (Phi) is 7.65. The van der Waals surface area contributed by atoms with Gasteiger partial charge in [0.2, 0.25) is 5.91 Å². The van der Waals surface area contributed by atoms with Crippen LogP contribution < -0.4 is 20.9 Å². The summed E-state index contributed by atoms with van der Waals surface area (Å²) in [5.41, 5.74) is 2.84. The third kappa shape index (κ3) is 6.20. The van der Waals surface area contributed by atoms with Crippen molar-refractivity contribution in [2.75, 3.05) is 35.2 Å². The molecule has 1 saturated heterocycles. The van der Waals surface area contributed by atoms with E-state index in [0.717, 1.165) is 43.6 Å². The zero-order valence-electron chi connectivity index (χ0n) is 17.3. The van der Waals surface area contributed by atoms with Crippen LogP contribution >= 0.6 is 0 Å². The number of halogens is 1. The summed E-state index contributed by atoms with van der Waals surface area (Å²) in [5.74, 6) is -0.580. The van der Waals surface area contributed by atoms with Crippen LogP contribution in [0.25, 0.3) is 0 Å². The summed E-state index contributed by atoms with van der Waals surface area (Å²) in [6.45, 7) is 4.42. The Morgan fingerprint density at radius 3 is 2.43 bits per heavy atom. The second kappa shape index (κ2) is 10.6. The first-order chi connectivity index (χ1) is 14.5. The lowest BCUT2D eigenvalue weighted by molar-refractivity contribution is -0.115. The van der Waals surface area contributed by atoms with Gasteiger partial charge in [0.25, 0.3) is 0 Å². The number of nitrogens with one attached hydrogen (secondary N) is 3. The second-order valence-corrected chi connectivity index (χ2v) is 7.51. The molecular formula is C23H29FN4O2. The SMILES string of the molecule is CCCNC(=O)Nc1ccc(CC(=O)Nc2cc(F)ccc2N2CCCCC2)cc1. The molecule has 6 nitrogen and oxygen atoms in total. The van der Waals surface area contributed by atoms with E-state index in [1.165, 1.54) is 18.6 Å². The molecule has 1 aliphatic heterocycles. The van der Waals surface area contributed by atoms with Crippen LogP contribution in [0.15, 0.2) is 42.5 Å². The Bertz CT molecular complexity index is 864. The highest BCUT2D eigenvalue weighted by Gasteiger charge is 2.17. The van der Waals surface area contributed by atoms with Crippen LogP contribution in [0, 0.1) is 5.82 Å². The van der Waals surface area contributed by atoms with Gasteiger partial charge in [0, 0.05) is 25.3 Å². The van der Waals surface area contributed by atoms with Crippen molar-refractivity contribution < 1.29 is 14.0 Å². The summed E-state index contributed by atoms with van der Waals surface area (Å²) >= 11 is 0. The first kappa shape index (κ1) is 21.6. The molecule has 3 rings (SSSR count). The highest BCUT2D eigenvalue weighted by Crippen LogP contribution is 2.29. The fraction of sp³-hybridized carbons (Fsp3) is 0.391. The molecule has 0 aliphatic carbocycles. The largest absolute Gasteiger partial charge is 0.370 e. The van der Waals surface area contributed by atoms with Crippen molar-refractivity contribution in [2.24, 2.45) is 0 Å². The van der Waals surface area contributed by atoms with Gasteiger partial charge in [-0.1, -0.05) is 19.1 Å². The van der Waals surface area contributed by atoms with Gasteiger partial charge in [-0.25, -0.2) is 9.18 Å². The van der Waals surface area contributed by atoms with Gasteiger partial charge < -0.3 is 20.9 Å². The molecule has 1 aliphatic rings. The van der Waals surface area contributed by atoms with Gasteiger partial charge in [0.1, 0.15) is 5.82 Å². The Morgan fingerprint density at radius 2 is 1.73 bits per heavy atom. The van der Waals surface area contributed by atoms with Crippen LogP contribution in [0.5, 0.6) is 0 Å². The van der Waals surface area contributed by atoms with E-state index in [9.17, 15) is 14.0 Å². The molecule has 7 heteroatoms. The number of piperidine rings is 1. The molecule has 0 spiro atoms. The summed E-state index contributed by atoms with van der Waals surface area (Å²) in [6.07, 6.45) is 4.43. The highest BCUT2D eigenvalue weighted by atomic mass is 19.1. The van der Waals surface area contributed by atoms with Crippen molar-refractivity contribution in [1.29, 1.82) is 0 Å². The minimum absolute atomic E-state index is 0.165. The summed E-state index contributed by atoms with van der Waals surface area (Å²) in [6, 6.07) is 11.4. The van der Waals surface area contributed by atoms with E-state index in [2.05, 4.69) is 20.9 Å². The van der Waals surface area contributed by atoms with E-state index >= 15 is 0 Å². The molecule has 30 heavy (non-hydrogen) atoms. The number of urea groups is 1. The number of hydrogen-bond donors (Lipinski definition) is 3. The number of nitrogens with zero attached hydrogens (tertiary/aromatic N) is 1. The van der Waals surface area contributed by atoms with E-state index in [1.54, 1.807) is 30.3 Å². The van der Waals surface area contributed by atoms with Crippen molar-refractivity contribution in [1.82, 2.24) is 5.32 Å². The second-order valence-electron chi connectivity index (χ2n) is 7.51. The number of carbonyl (C=O) groups excluding carboxylic acids is 2. The maximum Gasteiger partial charge on any atom is 0.319 e.